The number of benzene rings is 3. The monoisotopic (exact) mass is 436 g/mol. The largest absolute Gasteiger partial charge is 0.304 e. The van der Waals surface area contributed by atoms with Gasteiger partial charge in [0.1, 0.15) is 5.41 Å². The van der Waals surface area contributed by atoms with E-state index < -0.39 is 11.5 Å². The van der Waals surface area contributed by atoms with Crippen LogP contribution in [0, 0.1) is 0 Å². The standard InChI is InChI=1S/C28H24N2O3/c1-20(31)30-24-15-9-8-14-23(24)28(25(30)17-16-21-10-4-2-5-11-21)18-26(32)29(27(28)33)19-22-12-6-3-7-13-22/h2-17,25H,18-19H2,1H3/b17-16+/t25-,28-/m0/s1. The summed E-state index contributed by atoms with van der Waals surface area (Å²) in [5.74, 6) is -0.638. The molecule has 5 rings (SSSR count). The molecule has 0 saturated carbocycles. The summed E-state index contributed by atoms with van der Waals surface area (Å²) in [6, 6.07) is 26.1. The molecule has 5 nitrogen and oxygen atoms in total. The first-order chi connectivity index (χ1) is 16.0. The summed E-state index contributed by atoms with van der Waals surface area (Å²) in [7, 11) is 0. The van der Waals surface area contributed by atoms with Crippen LogP contribution in [0.4, 0.5) is 5.69 Å². The van der Waals surface area contributed by atoms with E-state index in [0.29, 0.717) is 5.69 Å². The van der Waals surface area contributed by atoms with E-state index in [0.717, 1.165) is 16.7 Å². The van der Waals surface area contributed by atoms with Crippen molar-refractivity contribution in [1.82, 2.24) is 4.90 Å². The minimum atomic E-state index is -1.14. The number of rotatable bonds is 4. The Morgan fingerprint density at radius 2 is 1.58 bits per heavy atom. The maximum absolute atomic E-state index is 14.0. The number of amides is 3. The third-order valence-electron chi connectivity index (χ3n) is 6.58. The van der Waals surface area contributed by atoms with Crippen LogP contribution >= 0.6 is 0 Å². The van der Waals surface area contributed by atoms with E-state index in [9.17, 15) is 14.4 Å². The number of hydrogen-bond donors (Lipinski definition) is 0. The molecule has 3 aromatic carbocycles. The van der Waals surface area contributed by atoms with Gasteiger partial charge in [-0.05, 0) is 22.8 Å². The molecule has 0 aliphatic carbocycles. The predicted octanol–water partition coefficient (Wildman–Crippen LogP) is 4.33. The second-order valence-electron chi connectivity index (χ2n) is 8.54. The van der Waals surface area contributed by atoms with Gasteiger partial charge >= 0.3 is 0 Å². The Balaban J connectivity index is 1.62. The van der Waals surface area contributed by atoms with Crippen LogP contribution in [0.5, 0.6) is 0 Å². The van der Waals surface area contributed by atoms with Crippen molar-refractivity contribution >= 4 is 29.5 Å². The molecule has 3 amide bonds. The van der Waals surface area contributed by atoms with Crippen LogP contribution in [0.2, 0.25) is 0 Å². The van der Waals surface area contributed by atoms with Gasteiger partial charge in [-0.3, -0.25) is 19.3 Å². The molecule has 1 fully saturated rings. The molecule has 5 heteroatoms. The lowest BCUT2D eigenvalue weighted by Gasteiger charge is -2.31. The van der Waals surface area contributed by atoms with Crippen LogP contribution in [0.3, 0.4) is 0 Å². The van der Waals surface area contributed by atoms with Gasteiger partial charge in [0.2, 0.25) is 17.7 Å². The first kappa shape index (κ1) is 20.9. The highest BCUT2D eigenvalue weighted by Gasteiger charge is 2.63. The average Bonchev–Trinajstić information content (AvgIpc) is 3.25. The van der Waals surface area contributed by atoms with E-state index in [1.807, 2.05) is 97.1 Å². The van der Waals surface area contributed by atoms with Crippen molar-refractivity contribution in [2.75, 3.05) is 4.90 Å². The quantitative estimate of drug-likeness (QED) is 0.572. The van der Waals surface area contributed by atoms with E-state index in [1.165, 1.54) is 11.8 Å². The average molecular weight is 437 g/mol. The molecule has 2 aliphatic rings. The van der Waals surface area contributed by atoms with Crippen LogP contribution in [-0.2, 0) is 26.3 Å². The van der Waals surface area contributed by atoms with Gasteiger partial charge in [0.15, 0.2) is 0 Å². The smallest absolute Gasteiger partial charge is 0.243 e. The molecule has 2 atom stereocenters. The van der Waals surface area contributed by atoms with E-state index in [-0.39, 0.29) is 30.7 Å². The molecule has 0 N–H and O–H groups in total. The lowest BCUT2D eigenvalue weighted by atomic mass is 9.74. The topological polar surface area (TPSA) is 57.7 Å². The van der Waals surface area contributed by atoms with Crippen molar-refractivity contribution in [2.24, 2.45) is 0 Å². The second kappa shape index (κ2) is 8.17. The molecule has 164 valence electrons. The van der Waals surface area contributed by atoms with Gasteiger partial charge in [-0.15, -0.1) is 0 Å². The lowest BCUT2D eigenvalue weighted by Crippen LogP contribution is -2.50. The SMILES string of the molecule is CC(=O)N1c2ccccc2[C@@]2(CC(=O)N(Cc3ccccc3)C2=O)[C@@H]1/C=C/c1ccccc1. The first-order valence-corrected chi connectivity index (χ1v) is 11.0. The highest BCUT2D eigenvalue weighted by atomic mass is 16.2. The van der Waals surface area contributed by atoms with E-state index in [1.54, 1.807) is 4.90 Å². The molecule has 2 heterocycles. The van der Waals surface area contributed by atoms with E-state index in [4.69, 9.17) is 0 Å². The molecule has 1 saturated heterocycles. The maximum atomic E-state index is 14.0. The maximum Gasteiger partial charge on any atom is 0.243 e. The highest BCUT2D eigenvalue weighted by Crippen LogP contribution is 2.52. The van der Waals surface area contributed by atoms with Crippen molar-refractivity contribution in [1.29, 1.82) is 0 Å². The number of imide groups is 1. The van der Waals surface area contributed by atoms with E-state index in [2.05, 4.69) is 0 Å². The second-order valence-corrected chi connectivity index (χ2v) is 8.54. The molecule has 0 radical (unpaired) electrons. The summed E-state index contributed by atoms with van der Waals surface area (Å²) in [6.07, 6.45) is 3.85. The molecule has 0 unspecified atom stereocenters. The van der Waals surface area contributed by atoms with Crippen molar-refractivity contribution in [3.8, 4) is 0 Å². The molecule has 2 aliphatic heterocycles. The third-order valence-corrected chi connectivity index (χ3v) is 6.58. The molecule has 0 bridgehead atoms. The summed E-state index contributed by atoms with van der Waals surface area (Å²) < 4.78 is 0. The zero-order valence-electron chi connectivity index (χ0n) is 18.3. The van der Waals surface area contributed by atoms with Gasteiger partial charge in [0, 0.05) is 19.0 Å². The third kappa shape index (κ3) is 3.37. The number of fused-ring (bicyclic) bond motifs is 2. The number of carbonyl (C=O) groups excluding carboxylic acids is 3. The summed E-state index contributed by atoms with van der Waals surface area (Å²) in [4.78, 5) is 43.1. The Labute approximate surface area is 192 Å². The van der Waals surface area contributed by atoms with Crippen LogP contribution in [0.15, 0.2) is 91.0 Å². The fourth-order valence-corrected chi connectivity index (χ4v) is 5.10. The lowest BCUT2D eigenvalue weighted by molar-refractivity contribution is -0.140. The summed E-state index contributed by atoms with van der Waals surface area (Å²) in [5.41, 5.74) is 2.14. The van der Waals surface area contributed by atoms with Gasteiger partial charge in [0.05, 0.1) is 12.6 Å². The van der Waals surface area contributed by atoms with Crippen molar-refractivity contribution in [3.63, 3.8) is 0 Å². The van der Waals surface area contributed by atoms with Gasteiger partial charge in [0.25, 0.3) is 0 Å². The first-order valence-electron chi connectivity index (χ1n) is 11.0. The Kier molecular flexibility index (Phi) is 5.17. The number of hydrogen-bond acceptors (Lipinski definition) is 3. The van der Waals surface area contributed by atoms with Crippen molar-refractivity contribution in [2.45, 2.75) is 31.3 Å². The van der Waals surface area contributed by atoms with Gasteiger partial charge in [-0.1, -0.05) is 91.0 Å². The molecular formula is C28H24N2O3. The zero-order chi connectivity index (χ0) is 23.0. The summed E-state index contributed by atoms with van der Waals surface area (Å²) in [5, 5.41) is 0. The van der Waals surface area contributed by atoms with Crippen LogP contribution < -0.4 is 4.90 Å². The molecule has 33 heavy (non-hydrogen) atoms. The van der Waals surface area contributed by atoms with Crippen LogP contribution in [-0.4, -0.2) is 28.7 Å². The number of likely N-dealkylation sites (tertiary alicyclic amines) is 1. The zero-order valence-corrected chi connectivity index (χ0v) is 18.3. The minimum Gasteiger partial charge on any atom is -0.304 e. The van der Waals surface area contributed by atoms with E-state index >= 15 is 0 Å². The van der Waals surface area contributed by atoms with Gasteiger partial charge in [-0.2, -0.15) is 0 Å². The number of anilines is 1. The molecule has 1 spiro atoms. The molecule has 3 aromatic rings. The van der Waals surface area contributed by atoms with Gasteiger partial charge in [-0.25, -0.2) is 0 Å². The Morgan fingerprint density at radius 1 is 0.939 bits per heavy atom. The molecular weight excluding hydrogens is 412 g/mol. The van der Waals surface area contributed by atoms with Crippen LogP contribution in [0.1, 0.15) is 30.0 Å². The summed E-state index contributed by atoms with van der Waals surface area (Å²) >= 11 is 0. The van der Waals surface area contributed by atoms with Gasteiger partial charge < -0.3 is 4.90 Å². The Morgan fingerprint density at radius 3 is 2.27 bits per heavy atom. The Hall–Kier alpha value is -3.99. The number of para-hydroxylation sites is 1. The normalized spacial score (nSPS) is 21.9. The number of carbonyl (C=O) groups is 3. The van der Waals surface area contributed by atoms with Crippen molar-refractivity contribution < 1.29 is 14.4 Å². The number of nitrogens with zero attached hydrogens (tertiary/aromatic N) is 2. The molecule has 0 aromatic heterocycles. The highest BCUT2D eigenvalue weighted by molar-refractivity contribution is 6.14. The van der Waals surface area contributed by atoms with Crippen LogP contribution in [0.25, 0.3) is 6.08 Å². The van der Waals surface area contributed by atoms with Crippen molar-refractivity contribution in [3.05, 3.63) is 108 Å². The predicted molar refractivity (Wildman–Crippen MR) is 127 cm³/mol. The summed E-state index contributed by atoms with van der Waals surface area (Å²) in [6.45, 7) is 1.72. The fourth-order valence-electron chi connectivity index (χ4n) is 5.10. The Bertz CT molecular complexity index is 1250. The minimum absolute atomic E-state index is 0.0310. The fraction of sp³-hybridized carbons (Fsp3) is 0.179.